The van der Waals surface area contributed by atoms with Crippen LogP contribution in [0.1, 0.15) is 0 Å². The van der Waals surface area contributed by atoms with Crippen molar-refractivity contribution >= 4 is 5.69 Å². The second-order valence-electron chi connectivity index (χ2n) is 4.43. The summed E-state index contributed by atoms with van der Waals surface area (Å²) in [6.07, 6.45) is 1.39. The molecule has 3 aromatic rings. The fraction of sp³-hybridized carbons (Fsp3) is 0.0714. The third kappa shape index (κ3) is 2.67. The van der Waals surface area contributed by atoms with Gasteiger partial charge in [-0.05, 0) is 24.3 Å². The smallest absolute Gasteiger partial charge is 0.298 e. The SMILES string of the molecule is COc1ccc(O)c(-c2nc(-c3ncccc3[N+](=O)[O-])no2)c1. The standard InChI is InChI=1S/C14H10N4O5/c1-22-8-4-5-11(19)9(7-8)14-16-13(17-23-14)12-10(18(20)21)3-2-6-15-12/h2-7,19H,1H3. The van der Waals surface area contributed by atoms with Gasteiger partial charge >= 0.3 is 0 Å². The maximum atomic E-state index is 11.0. The second kappa shape index (κ2) is 5.72. The number of hydrogen-bond acceptors (Lipinski definition) is 8. The molecular formula is C14H10N4O5. The highest BCUT2D eigenvalue weighted by atomic mass is 16.6. The van der Waals surface area contributed by atoms with Gasteiger partial charge < -0.3 is 14.4 Å². The summed E-state index contributed by atoms with van der Waals surface area (Å²) < 4.78 is 10.2. The van der Waals surface area contributed by atoms with Gasteiger partial charge in [0.05, 0.1) is 17.6 Å². The van der Waals surface area contributed by atoms with Crippen molar-refractivity contribution in [3.05, 3.63) is 46.6 Å². The van der Waals surface area contributed by atoms with Crippen LogP contribution < -0.4 is 4.74 Å². The molecule has 2 heterocycles. The van der Waals surface area contributed by atoms with E-state index in [1.165, 1.54) is 37.6 Å². The number of methoxy groups -OCH3 is 1. The van der Waals surface area contributed by atoms with Gasteiger partial charge in [0.25, 0.3) is 11.6 Å². The van der Waals surface area contributed by atoms with E-state index in [0.717, 1.165) is 0 Å². The van der Waals surface area contributed by atoms with Crippen molar-refractivity contribution in [3.63, 3.8) is 0 Å². The third-order valence-electron chi connectivity index (χ3n) is 3.06. The summed E-state index contributed by atoms with van der Waals surface area (Å²) in [5.41, 5.74) is -0.00807. The maximum absolute atomic E-state index is 11.0. The molecular weight excluding hydrogens is 304 g/mol. The zero-order chi connectivity index (χ0) is 16.4. The van der Waals surface area contributed by atoms with E-state index in [-0.39, 0.29) is 34.4 Å². The van der Waals surface area contributed by atoms with Crippen LogP contribution in [0.2, 0.25) is 0 Å². The van der Waals surface area contributed by atoms with E-state index < -0.39 is 4.92 Å². The Balaban J connectivity index is 2.07. The van der Waals surface area contributed by atoms with Crippen LogP contribution >= 0.6 is 0 Å². The third-order valence-corrected chi connectivity index (χ3v) is 3.06. The molecule has 0 atom stereocenters. The highest BCUT2D eigenvalue weighted by molar-refractivity contribution is 5.68. The Morgan fingerprint density at radius 3 is 2.91 bits per heavy atom. The van der Waals surface area contributed by atoms with E-state index >= 15 is 0 Å². The van der Waals surface area contributed by atoms with E-state index in [1.807, 2.05) is 0 Å². The van der Waals surface area contributed by atoms with Gasteiger partial charge in [-0.15, -0.1) is 0 Å². The van der Waals surface area contributed by atoms with Crippen molar-refractivity contribution in [1.29, 1.82) is 0 Å². The van der Waals surface area contributed by atoms with Crippen molar-refractivity contribution in [1.82, 2.24) is 15.1 Å². The summed E-state index contributed by atoms with van der Waals surface area (Å²) in [7, 11) is 1.48. The van der Waals surface area contributed by atoms with Gasteiger partial charge in [-0.25, -0.2) is 4.98 Å². The topological polar surface area (TPSA) is 124 Å². The number of phenols is 1. The Labute approximate surface area is 129 Å². The molecule has 9 nitrogen and oxygen atoms in total. The number of hydrogen-bond donors (Lipinski definition) is 1. The molecule has 0 radical (unpaired) electrons. The summed E-state index contributed by atoms with van der Waals surface area (Å²) in [6, 6.07) is 7.23. The van der Waals surface area contributed by atoms with Crippen molar-refractivity contribution in [2.75, 3.05) is 7.11 Å². The monoisotopic (exact) mass is 314 g/mol. The number of ether oxygens (including phenoxy) is 1. The van der Waals surface area contributed by atoms with Gasteiger partial charge in [0.15, 0.2) is 5.69 Å². The average Bonchev–Trinajstić information content (AvgIpc) is 3.05. The first-order valence-electron chi connectivity index (χ1n) is 6.41. The van der Waals surface area contributed by atoms with Crippen LogP contribution in [0.25, 0.3) is 23.0 Å². The molecule has 0 spiro atoms. The summed E-state index contributed by atoms with van der Waals surface area (Å²) in [5.74, 6) is 0.351. The van der Waals surface area contributed by atoms with E-state index in [4.69, 9.17) is 9.26 Å². The fourth-order valence-corrected chi connectivity index (χ4v) is 1.96. The molecule has 0 aliphatic heterocycles. The molecule has 0 aliphatic carbocycles. The van der Waals surface area contributed by atoms with Crippen molar-refractivity contribution in [2.45, 2.75) is 0 Å². The number of nitro groups is 1. The number of phenolic OH excluding ortho intramolecular Hbond substituents is 1. The Bertz CT molecular complexity index is 877. The predicted molar refractivity (Wildman–Crippen MR) is 77.8 cm³/mol. The van der Waals surface area contributed by atoms with E-state index in [9.17, 15) is 15.2 Å². The van der Waals surface area contributed by atoms with Crippen LogP contribution in [0.5, 0.6) is 11.5 Å². The summed E-state index contributed by atoms with van der Waals surface area (Å²) in [6.45, 7) is 0. The average molecular weight is 314 g/mol. The van der Waals surface area contributed by atoms with E-state index in [2.05, 4.69) is 15.1 Å². The lowest BCUT2D eigenvalue weighted by Crippen LogP contribution is -1.95. The first-order valence-corrected chi connectivity index (χ1v) is 6.41. The zero-order valence-electron chi connectivity index (χ0n) is 11.8. The molecule has 1 N–H and O–H groups in total. The van der Waals surface area contributed by atoms with Crippen LogP contribution in [0, 0.1) is 10.1 Å². The number of aromatic hydroxyl groups is 1. The minimum atomic E-state index is -0.582. The highest BCUT2D eigenvalue weighted by Gasteiger charge is 2.22. The first kappa shape index (κ1) is 14.4. The van der Waals surface area contributed by atoms with E-state index in [0.29, 0.717) is 5.75 Å². The van der Waals surface area contributed by atoms with Crippen LogP contribution in [-0.4, -0.2) is 32.3 Å². The van der Waals surface area contributed by atoms with Crippen LogP contribution in [-0.2, 0) is 0 Å². The summed E-state index contributed by atoms with van der Waals surface area (Å²) in [4.78, 5) is 18.4. The van der Waals surface area contributed by atoms with Gasteiger partial charge in [0, 0.05) is 12.3 Å². The number of nitrogens with zero attached hydrogens (tertiary/aromatic N) is 4. The first-order chi connectivity index (χ1) is 11.1. The Kier molecular flexibility index (Phi) is 3.59. The second-order valence-corrected chi connectivity index (χ2v) is 4.43. The molecule has 0 fully saturated rings. The highest BCUT2D eigenvalue weighted by Crippen LogP contribution is 2.33. The van der Waals surface area contributed by atoms with Crippen molar-refractivity contribution in [2.24, 2.45) is 0 Å². The molecule has 1 aromatic carbocycles. The molecule has 0 amide bonds. The largest absolute Gasteiger partial charge is 0.507 e. The van der Waals surface area contributed by atoms with E-state index in [1.54, 1.807) is 6.07 Å². The zero-order valence-corrected chi connectivity index (χ0v) is 11.8. The number of benzene rings is 1. The lowest BCUT2D eigenvalue weighted by Gasteiger charge is -2.02. The van der Waals surface area contributed by atoms with Gasteiger partial charge in [-0.2, -0.15) is 4.98 Å². The number of pyridine rings is 1. The Morgan fingerprint density at radius 2 is 2.17 bits per heavy atom. The predicted octanol–water partition coefficient (Wildman–Crippen LogP) is 2.42. The Morgan fingerprint density at radius 1 is 1.35 bits per heavy atom. The molecule has 9 heteroatoms. The quantitative estimate of drug-likeness (QED) is 0.575. The lowest BCUT2D eigenvalue weighted by atomic mass is 10.2. The molecule has 0 saturated heterocycles. The van der Waals surface area contributed by atoms with Gasteiger partial charge in [0.2, 0.25) is 5.82 Å². The molecule has 3 rings (SSSR count). The van der Waals surface area contributed by atoms with Crippen LogP contribution in [0.3, 0.4) is 0 Å². The Hall–Kier alpha value is -3.49. The molecule has 23 heavy (non-hydrogen) atoms. The summed E-state index contributed by atoms with van der Waals surface area (Å²) in [5, 5.41) is 24.6. The van der Waals surface area contributed by atoms with Crippen molar-refractivity contribution < 1.29 is 19.3 Å². The van der Waals surface area contributed by atoms with Crippen LogP contribution in [0.4, 0.5) is 5.69 Å². The molecule has 0 saturated carbocycles. The molecule has 0 aliphatic rings. The molecule has 0 unspecified atom stereocenters. The van der Waals surface area contributed by atoms with Crippen LogP contribution in [0.15, 0.2) is 41.1 Å². The lowest BCUT2D eigenvalue weighted by molar-refractivity contribution is -0.384. The number of aromatic nitrogens is 3. The minimum absolute atomic E-state index is 0.00338. The van der Waals surface area contributed by atoms with Gasteiger partial charge in [0.1, 0.15) is 11.5 Å². The maximum Gasteiger partial charge on any atom is 0.298 e. The molecule has 2 aromatic heterocycles. The minimum Gasteiger partial charge on any atom is -0.507 e. The normalized spacial score (nSPS) is 10.5. The molecule has 116 valence electrons. The fourth-order valence-electron chi connectivity index (χ4n) is 1.96. The molecule has 0 bridgehead atoms. The number of rotatable bonds is 4. The van der Waals surface area contributed by atoms with Gasteiger partial charge in [-0.1, -0.05) is 5.16 Å². The van der Waals surface area contributed by atoms with Gasteiger partial charge in [-0.3, -0.25) is 10.1 Å². The summed E-state index contributed by atoms with van der Waals surface area (Å²) >= 11 is 0. The van der Waals surface area contributed by atoms with Crippen molar-refractivity contribution in [3.8, 4) is 34.5 Å².